The first kappa shape index (κ1) is 13.6. The van der Waals surface area contributed by atoms with E-state index in [1.165, 1.54) is 6.07 Å². The van der Waals surface area contributed by atoms with Crippen molar-refractivity contribution in [1.82, 2.24) is 4.90 Å². The number of likely N-dealkylation sites (N-methyl/N-ethyl adjacent to an activating group) is 1. The maximum atomic E-state index is 10.8. The van der Waals surface area contributed by atoms with E-state index in [1.807, 2.05) is 24.9 Å². The second-order valence-corrected chi connectivity index (χ2v) is 4.27. The summed E-state index contributed by atoms with van der Waals surface area (Å²) in [7, 11) is 1.89. The third-order valence-electron chi connectivity index (χ3n) is 3.05. The molecule has 0 aliphatic carbocycles. The van der Waals surface area contributed by atoms with E-state index < -0.39 is 0 Å². The molecule has 1 N–H and O–H groups in total. The topological polar surface area (TPSA) is 66.6 Å². The molecule has 0 aliphatic rings. The molecule has 0 heterocycles. The van der Waals surface area contributed by atoms with Crippen molar-refractivity contribution >= 4 is 5.69 Å². The molecule has 0 amide bonds. The minimum Gasteiger partial charge on any atom is -0.395 e. The zero-order valence-corrected chi connectivity index (χ0v) is 10.4. The van der Waals surface area contributed by atoms with Gasteiger partial charge in [0, 0.05) is 24.2 Å². The first-order valence-corrected chi connectivity index (χ1v) is 5.51. The molecule has 1 aromatic rings. The molecule has 5 heteroatoms. The van der Waals surface area contributed by atoms with Crippen LogP contribution < -0.4 is 0 Å². The van der Waals surface area contributed by atoms with Crippen molar-refractivity contribution in [1.29, 1.82) is 0 Å². The van der Waals surface area contributed by atoms with Crippen molar-refractivity contribution in [2.75, 3.05) is 13.7 Å². The molecule has 0 fully saturated rings. The summed E-state index contributed by atoms with van der Waals surface area (Å²) in [6, 6.07) is 5.11. The maximum Gasteiger partial charge on any atom is 0.272 e. The monoisotopic (exact) mass is 238 g/mol. The maximum absolute atomic E-state index is 10.8. The van der Waals surface area contributed by atoms with E-state index in [1.54, 1.807) is 13.0 Å². The molecular weight excluding hydrogens is 220 g/mol. The Labute approximate surface area is 101 Å². The van der Waals surface area contributed by atoms with Gasteiger partial charge >= 0.3 is 0 Å². The van der Waals surface area contributed by atoms with Gasteiger partial charge in [-0.2, -0.15) is 0 Å². The van der Waals surface area contributed by atoms with Gasteiger partial charge in [-0.25, -0.2) is 0 Å². The highest BCUT2D eigenvalue weighted by atomic mass is 16.6. The fraction of sp³-hybridized carbons (Fsp3) is 0.500. The minimum atomic E-state index is -0.367. The van der Waals surface area contributed by atoms with Gasteiger partial charge in [0.1, 0.15) is 0 Å². The number of nitrogens with zero attached hydrogens (tertiary/aromatic N) is 2. The van der Waals surface area contributed by atoms with Crippen LogP contribution in [0.25, 0.3) is 0 Å². The Bertz CT molecular complexity index is 407. The Balaban J connectivity index is 2.92. The molecule has 0 spiro atoms. The van der Waals surface area contributed by atoms with Gasteiger partial charge in [-0.15, -0.1) is 0 Å². The number of benzene rings is 1. The lowest BCUT2D eigenvalue weighted by Gasteiger charge is -2.23. The smallest absolute Gasteiger partial charge is 0.272 e. The average Bonchev–Trinajstić information content (AvgIpc) is 2.30. The molecule has 5 nitrogen and oxygen atoms in total. The normalized spacial score (nSPS) is 12.8. The molecule has 0 saturated heterocycles. The van der Waals surface area contributed by atoms with Gasteiger partial charge < -0.3 is 5.11 Å². The summed E-state index contributed by atoms with van der Waals surface area (Å²) in [5.41, 5.74) is 1.75. The molecule has 0 saturated carbocycles. The van der Waals surface area contributed by atoms with Crippen molar-refractivity contribution < 1.29 is 10.0 Å². The molecule has 94 valence electrons. The van der Waals surface area contributed by atoms with Crippen LogP contribution in [-0.2, 0) is 6.54 Å². The number of nitro groups is 1. The zero-order chi connectivity index (χ0) is 13.0. The summed E-state index contributed by atoms with van der Waals surface area (Å²) >= 11 is 0. The van der Waals surface area contributed by atoms with Crippen LogP contribution in [0.4, 0.5) is 5.69 Å². The van der Waals surface area contributed by atoms with E-state index in [4.69, 9.17) is 5.11 Å². The van der Waals surface area contributed by atoms with Crippen molar-refractivity contribution in [3.05, 3.63) is 39.4 Å². The van der Waals surface area contributed by atoms with Gasteiger partial charge in [-0.1, -0.05) is 12.1 Å². The van der Waals surface area contributed by atoms with Crippen LogP contribution >= 0.6 is 0 Å². The number of nitro benzene ring substituents is 1. The number of hydrogen-bond acceptors (Lipinski definition) is 4. The molecule has 1 atom stereocenters. The van der Waals surface area contributed by atoms with E-state index in [-0.39, 0.29) is 23.3 Å². The molecule has 1 unspecified atom stereocenters. The lowest BCUT2D eigenvalue weighted by atomic mass is 10.1. The molecule has 0 radical (unpaired) electrons. The molecule has 0 aromatic heterocycles. The third kappa shape index (κ3) is 3.25. The van der Waals surface area contributed by atoms with Crippen LogP contribution in [0.1, 0.15) is 18.1 Å². The van der Waals surface area contributed by atoms with Crippen molar-refractivity contribution in [3.63, 3.8) is 0 Å². The highest BCUT2D eigenvalue weighted by molar-refractivity contribution is 5.44. The lowest BCUT2D eigenvalue weighted by Crippen LogP contribution is -2.31. The second-order valence-electron chi connectivity index (χ2n) is 4.27. The SMILES string of the molecule is Cc1c(CN(C)C(C)CO)cccc1[N+](=O)[O-]. The molecule has 1 rings (SSSR count). The minimum absolute atomic E-state index is 0.0358. The molecule has 0 aliphatic heterocycles. The Morgan fingerprint density at radius 3 is 2.71 bits per heavy atom. The standard InChI is InChI=1S/C12H18N2O3/c1-9(8-15)13(3)7-11-5-4-6-12(10(11)2)14(16)17/h4-6,9,15H,7-8H2,1-3H3. The van der Waals surface area contributed by atoms with E-state index >= 15 is 0 Å². The van der Waals surface area contributed by atoms with Crippen LogP contribution in [0.15, 0.2) is 18.2 Å². The Morgan fingerprint density at radius 1 is 1.53 bits per heavy atom. The highest BCUT2D eigenvalue weighted by Crippen LogP contribution is 2.22. The first-order chi connectivity index (χ1) is 7.97. The Hall–Kier alpha value is -1.46. The van der Waals surface area contributed by atoms with Crippen LogP contribution in [-0.4, -0.2) is 34.6 Å². The Kier molecular flexibility index (Phi) is 4.60. The van der Waals surface area contributed by atoms with Crippen molar-refractivity contribution in [2.45, 2.75) is 26.4 Å². The quantitative estimate of drug-likeness (QED) is 0.626. The summed E-state index contributed by atoms with van der Waals surface area (Å²) in [6.07, 6.45) is 0. The largest absolute Gasteiger partial charge is 0.395 e. The van der Waals surface area contributed by atoms with Gasteiger partial charge in [-0.3, -0.25) is 15.0 Å². The van der Waals surface area contributed by atoms with Crippen molar-refractivity contribution in [3.8, 4) is 0 Å². The van der Waals surface area contributed by atoms with E-state index in [2.05, 4.69) is 0 Å². The lowest BCUT2D eigenvalue weighted by molar-refractivity contribution is -0.385. The van der Waals surface area contributed by atoms with Gasteiger partial charge in [-0.05, 0) is 26.5 Å². The predicted molar refractivity (Wildman–Crippen MR) is 65.8 cm³/mol. The number of rotatable bonds is 5. The summed E-state index contributed by atoms with van der Waals surface area (Å²) in [4.78, 5) is 12.4. The van der Waals surface area contributed by atoms with E-state index in [0.29, 0.717) is 12.1 Å². The van der Waals surface area contributed by atoms with Crippen LogP contribution in [0.2, 0.25) is 0 Å². The number of aliphatic hydroxyl groups is 1. The second kappa shape index (κ2) is 5.75. The van der Waals surface area contributed by atoms with Gasteiger partial charge in [0.05, 0.1) is 11.5 Å². The molecule has 1 aromatic carbocycles. The Morgan fingerprint density at radius 2 is 2.18 bits per heavy atom. The zero-order valence-electron chi connectivity index (χ0n) is 10.4. The van der Waals surface area contributed by atoms with Crippen LogP contribution in [0.3, 0.4) is 0 Å². The third-order valence-corrected chi connectivity index (χ3v) is 3.05. The summed E-state index contributed by atoms with van der Waals surface area (Å²) in [5.74, 6) is 0. The summed E-state index contributed by atoms with van der Waals surface area (Å²) < 4.78 is 0. The van der Waals surface area contributed by atoms with Gasteiger partial charge in [0.2, 0.25) is 0 Å². The highest BCUT2D eigenvalue weighted by Gasteiger charge is 2.15. The molecular formula is C12H18N2O3. The van der Waals surface area contributed by atoms with Gasteiger partial charge in [0.25, 0.3) is 5.69 Å². The van der Waals surface area contributed by atoms with Crippen LogP contribution in [0.5, 0.6) is 0 Å². The fourth-order valence-electron chi connectivity index (χ4n) is 1.60. The van der Waals surface area contributed by atoms with E-state index in [9.17, 15) is 10.1 Å². The van der Waals surface area contributed by atoms with Gasteiger partial charge in [0.15, 0.2) is 0 Å². The average molecular weight is 238 g/mol. The number of aliphatic hydroxyl groups excluding tert-OH is 1. The molecule has 0 bridgehead atoms. The summed E-state index contributed by atoms with van der Waals surface area (Å²) in [6.45, 7) is 4.33. The number of hydrogen-bond donors (Lipinski definition) is 1. The van der Waals surface area contributed by atoms with Crippen molar-refractivity contribution in [2.24, 2.45) is 0 Å². The van der Waals surface area contributed by atoms with E-state index in [0.717, 1.165) is 5.56 Å². The predicted octanol–water partition coefficient (Wildman–Crippen LogP) is 1.72. The summed E-state index contributed by atoms with van der Waals surface area (Å²) in [5, 5.41) is 19.8. The molecule has 17 heavy (non-hydrogen) atoms. The van der Waals surface area contributed by atoms with Crippen LogP contribution in [0, 0.1) is 17.0 Å². The fourth-order valence-corrected chi connectivity index (χ4v) is 1.60. The first-order valence-electron chi connectivity index (χ1n) is 5.51.